The number of nitrogens with one attached hydrogen (secondary N) is 1. The molecule has 1 aromatic heterocycles. The Morgan fingerprint density at radius 2 is 2.04 bits per heavy atom. The van der Waals surface area contributed by atoms with E-state index < -0.39 is 0 Å². The SMILES string of the molecule is C[C@@H]1CNCCN1C(=O)c1nn(-c2ccccc2)c2c1CCC2.Cl. The number of aromatic nitrogens is 2. The number of nitrogens with zero attached hydrogens (tertiary/aromatic N) is 3. The van der Waals surface area contributed by atoms with Crippen LogP contribution in [0.15, 0.2) is 30.3 Å². The maximum absolute atomic E-state index is 13.0. The molecule has 1 fully saturated rings. The predicted octanol–water partition coefficient (Wildman–Crippen LogP) is 2.22. The van der Waals surface area contributed by atoms with Gasteiger partial charge in [0.2, 0.25) is 0 Å². The van der Waals surface area contributed by atoms with Gasteiger partial charge in [-0.05, 0) is 38.3 Å². The van der Waals surface area contributed by atoms with Crippen LogP contribution < -0.4 is 5.32 Å². The number of carbonyl (C=O) groups is 1. The van der Waals surface area contributed by atoms with Crippen LogP contribution in [0.5, 0.6) is 0 Å². The van der Waals surface area contributed by atoms with Crippen molar-refractivity contribution in [3.05, 3.63) is 47.3 Å². The summed E-state index contributed by atoms with van der Waals surface area (Å²) in [6, 6.07) is 10.3. The number of carbonyl (C=O) groups excluding carboxylic acids is 1. The largest absolute Gasteiger partial charge is 0.332 e. The van der Waals surface area contributed by atoms with Gasteiger partial charge in [0.05, 0.1) is 5.69 Å². The molecule has 0 bridgehead atoms. The smallest absolute Gasteiger partial charge is 0.274 e. The standard InChI is InChI=1S/C18H22N4O.ClH/c1-13-12-19-10-11-21(13)18(23)17-15-8-5-9-16(15)22(20-17)14-6-3-2-4-7-14;/h2-4,6-7,13,19H,5,8-12H2,1H3;1H/t13-;/m1./s1. The molecule has 2 heterocycles. The minimum atomic E-state index is 0. The molecule has 6 heteroatoms. The van der Waals surface area contributed by atoms with E-state index in [0.29, 0.717) is 5.69 Å². The molecule has 2 aromatic rings. The van der Waals surface area contributed by atoms with Crippen molar-refractivity contribution in [2.45, 2.75) is 32.2 Å². The molecule has 4 rings (SSSR count). The van der Waals surface area contributed by atoms with Gasteiger partial charge in [-0.2, -0.15) is 5.10 Å². The molecule has 1 atom stereocenters. The Balaban J connectivity index is 0.00000169. The minimum Gasteiger partial charge on any atom is -0.332 e. The zero-order valence-electron chi connectivity index (χ0n) is 13.9. The van der Waals surface area contributed by atoms with Gasteiger partial charge in [-0.3, -0.25) is 4.79 Å². The van der Waals surface area contributed by atoms with Crippen molar-refractivity contribution in [3.8, 4) is 5.69 Å². The highest BCUT2D eigenvalue weighted by Gasteiger charge is 2.32. The summed E-state index contributed by atoms with van der Waals surface area (Å²) in [5.74, 6) is 0.0897. The molecule has 1 aliphatic carbocycles. The van der Waals surface area contributed by atoms with E-state index in [-0.39, 0.29) is 24.4 Å². The summed E-state index contributed by atoms with van der Waals surface area (Å²) in [6.45, 7) is 4.57. The van der Waals surface area contributed by atoms with E-state index in [1.54, 1.807) is 0 Å². The molecule has 1 saturated heterocycles. The maximum atomic E-state index is 13.0. The molecular formula is C18H23ClN4O. The number of fused-ring (bicyclic) bond motifs is 1. The fourth-order valence-corrected chi connectivity index (χ4v) is 3.67. The third kappa shape index (κ3) is 2.82. The van der Waals surface area contributed by atoms with Crippen molar-refractivity contribution in [2.75, 3.05) is 19.6 Å². The van der Waals surface area contributed by atoms with Gasteiger partial charge in [0.15, 0.2) is 5.69 Å². The van der Waals surface area contributed by atoms with Crippen LogP contribution in [0.2, 0.25) is 0 Å². The van der Waals surface area contributed by atoms with Crippen LogP contribution in [0.4, 0.5) is 0 Å². The van der Waals surface area contributed by atoms with Gasteiger partial charge >= 0.3 is 0 Å². The van der Waals surface area contributed by atoms with E-state index in [2.05, 4.69) is 12.2 Å². The number of benzene rings is 1. The van der Waals surface area contributed by atoms with Crippen LogP contribution in [0.25, 0.3) is 5.69 Å². The summed E-state index contributed by atoms with van der Waals surface area (Å²) in [6.07, 6.45) is 3.07. The maximum Gasteiger partial charge on any atom is 0.274 e. The topological polar surface area (TPSA) is 50.2 Å². The van der Waals surface area contributed by atoms with Gasteiger partial charge in [0.25, 0.3) is 5.91 Å². The first-order valence-corrected chi connectivity index (χ1v) is 8.43. The molecule has 24 heavy (non-hydrogen) atoms. The van der Waals surface area contributed by atoms with E-state index in [1.165, 1.54) is 5.69 Å². The molecule has 128 valence electrons. The van der Waals surface area contributed by atoms with E-state index >= 15 is 0 Å². The van der Waals surface area contributed by atoms with Crippen molar-refractivity contribution in [2.24, 2.45) is 0 Å². The fraction of sp³-hybridized carbons (Fsp3) is 0.444. The molecule has 0 unspecified atom stereocenters. The number of hydrogen-bond donors (Lipinski definition) is 1. The summed E-state index contributed by atoms with van der Waals surface area (Å²) in [7, 11) is 0. The van der Waals surface area contributed by atoms with Crippen LogP contribution in [-0.4, -0.2) is 46.3 Å². The van der Waals surface area contributed by atoms with Gasteiger partial charge < -0.3 is 10.2 Å². The van der Waals surface area contributed by atoms with Gasteiger partial charge in [-0.15, -0.1) is 12.4 Å². The van der Waals surface area contributed by atoms with Crippen molar-refractivity contribution in [1.29, 1.82) is 0 Å². The van der Waals surface area contributed by atoms with Gasteiger partial charge in [-0.1, -0.05) is 18.2 Å². The van der Waals surface area contributed by atoms with Crippen molar-refractivity contribution in [1.82, 2.24) is 20.0 Å². The van der Waals surface area contributed by atoms with E-state index in [4.69, 9.17) is 5.10 Å². The van der Waals surface area contributed by atoms with Crippen LogP contribution in [0, 0.1) is 0 Å². The number of amides is 1. The molecule has 0 saturated carbocycles. The van der Waals surface area contributed by atoms with E-state index in [1.807, 2.05) is 39.9 Å². The lowest BCUT2D eigenvalue weighted by molar-refractivity contribution is 0.0648. The average Bonchev–Trinajstić information content (AvgIpc) is 3.18. The number of piperazine rings is 1. The first-order chi connectivity index (χ1) is 11.3. The number of para-hydroxylation sites is 1. The zero-order valence-corrected chi connectivity index (χ0v) is 14.7. The first kappa shape index (κ1) is 17.0. The van der Waals surface area contributed by atoms with Crippen LogP contribution >= 0.6 is 12.4 Å². The quantitative estimate of drug-likeness (QED) is 0.907. The zero-order chi connectivity index (χ0) is 15.8. The molecule has 1 aromatic carbocycles. The molecule has 1 N–H and O–H groups in total. The van der Waals surface area contributed by atoms with Crippen LogP contribution in [0.3, 0.4) is 0 Å². The summed E-state index contributed by atoms with van der Waals surface area (Å²) >= 11 is 0. The van der Waals surface area contributed by atoms with Crippen LogP contribution in [0.1, 0.15) is 35.1 Å². The third-order valence-electron chi connectivity index (χ3n) is 4.90. The Hall–Kier alpha value is -1.85. The highest BCUT2D eigenvalue weighted by atomic mass is 35.5. The Kier molecular flexibility index (Phi) is 4.92. The number of rotatable bonds is 2. The summed E-state index contributed by atoms with van der Waals surface area (Å²) in [5.41, 5.74) is 4.07. The fourth-order valence-electron chi connectivity index (χ4n) is 3.67. The minimum absolute atomic E-state index is 0. The summed E-state index contributed by atoms with van der Waals surface area (Å²) < 4.78 is 1.97. The second-order valence-corrected chi connectivity index (χ2v) is 6.43. The summed E-state index contributed by atoms with van der Waals surface area (Å²) in [4.78, 5) is 15.0. The summed E-state index contributed by atoms with van der Waals surface area (Å²) in [5, 5.41) is 8.05. The van der Waals surface area contributed by atoms with Crippen molar-refractivity contribution in [3.63, 3.8) is 0 Å². The second kappa shape index (κ2) is 6.95. The van der Waals surface area contributed by atoms with Crippen molar-refractivity contribution < 1.29 is 4.79 Å². The monoisotopic (exact) mass is 346 g/mol. The lowest BCUT2D eigenvalue weighted by atomic mass is 10.1. The van der Waals surface area contributed by atoms with Crippen molar-refractivity contribution >= 4 is 18.3 Å². The average molecular weight is 347 g/mol. The van der Waals surface area contributed by atoms with Gasteiger partial charge in [0.1, 0.15) is 0 Å². The Labute approximate surface area is 148 Å². The molecule has 1 amide bonds. The van der Waals surface area contributed by atoms with Gasteiger partial charge in [0, 0.05) is 36.9 Å². The predicted molar refractivity (Wildman–Crippen MR) is 96.2 cm³/mol. The van der Waals surface area contributed by atoms with E-state index in [9.17, 15) is 4.79 Å². The molecule has 1 aliphatic heterocycles. The van der Waals surface area contributed by atoms with E-state index in [0.717, 1.165) is 50.1 Å². The molecule has 0 radical (unpaired) electrons. The number of hydrogen-bond acceptors (Lipinski definition) is 3. The van der Waals surface area contributed by atoms with Gasteiger partial charge in [-0.25, -0.2) is 4.68 Å². The normalized spacial score (nSPS) is 19.7. The molecule has 2 aliphatic rings. The Morgan fingerprint density at radius 3 is 2.79 bits per heavy atom. The Morgan fingerprint density at radius 1 is 1.25 bits per heavy atom. The first-order valence-electron chi connectivity index (χ1n) is 8.43. The highest BCUT2D eigenvalue weighted by molar-refractivity contribution is 5.94. The lowest BCUT2D eigenvalue weighted by Gasteiger charge is -2.33. The molecule has 0 spiro atoms. The van der Waals surface area contributed by atoms with Crippen LogP contribution in [-0.2, 0) is 12.8 Å². The Bertz CT molecular complexity index is 728. The molecular weight excluding hydrogens is 324 g/mol. The third-order valence-corrected chi connectivity index (χ3v) is 4.90. The highest BCUT2D eigenvalue weighted by Crippen LogP contribution is 2.29. The second-order valence-electron chi connectivity index (χ2n) is 6.43. The molecule has 5 nitrogen and oxygen atoms in total. The lowest BCUT2D eigenvalue weighted by Crippen LogP contribution is -2.52. The number of halogens is 1.